The summed E-state index contributed by atoms with van der Waals surface area (Å²) < 4.78 is 0. The zero-order chi connectivity index (χ0) is 15.2. The van der Waals surface area contributed by atoms with E-state index in [1.807, 2.05) is 6.20 Å². The maximum absolute atomic E-state index is 4.51. The first-order valence-corrected chi connectivity index (χ1v) is 9.34. The lowest BCUT2D eigenvalue weighted by atomic mass is 10.0. The Hall–Kier alpha value is -1.49. The van der Waals surface area contributed by atoms with Crippen LogP contribution in [0.2, 0.25) is 0 Å². The summed E-state index contributed by atoms with van der Waals surface area (Å²) in [5.41, 5.74) is 2.76. The normalized spacial score (nSPS) is 13.9. The molecule has 3 rings (SSSR count). The Morgan fingerprint density at radius 2 is 2.00 bits per heavy atom. The molecule has 1 aromatic carbocycles. The molecule has 2 aromatic heterocycles. The minimum atomic E-state index is 0.292. The lowest BCUT2D eigenvalue weighted by Gasteiger charge is -2.19. The SMILES string of the molecule is C[C@H](CN[C@H](Cc1ccsc1)c1nccs1)c1ccccc1. The van der Waals surface area contributed by atoms with Gasteiger partial charge in [0.1, 0.15) is 5.01 Å². The predicted octanol–water partition coefficient (Wildman–Crippen LogP) is 4.88. The van der Waals surface area contributed by atoms with Gasteiger partial charge in [0, 0.05) is 18.1 Å². The summed E-state index contributed by atoms with van der Waals surface area (Å²) >= 11 is 3.49. The van der Waals surface area contributed by atoms with Crippen molar-refractivity contribution in [1.29, 1.82) is 0 Å². The number of benzene rings is 1. The molecule has 1 N–H and O–H groups in total. The Morgan fingerprint density at radius 1 is 1.14 bits per heavy atom. The van der Waals surface area contributed by atoms with Gasteiger partial charge < -0.3 is 5.32 Å². The van der Waals surface area contributed by atoms with Crippen LogP contribution in [0.3, 0.4) is 0 Å². The van der Waals surface area contributed by atoms with Crippen LogP contribution in [0.4, 0.5) is 0 Å². The van der Waals surface area contributed by atoms with Crippen LogP contribution in [-0.2, 0) is 6.42 Å². The minimum absolute atomic E-state index is 0.292. The summed E-state index contributed by atoms with van der Waals surface area (Å²) in [6, 6.07) is 13.2. The first-order valence-electron chi connectivity index (χ1n) is 7.51. The molecule has 2 nitrogen and oxygen atoms in total. The summed E-state index contributed by atoms with van der Waals surface area (Å²) in [5.74, 6) is 0.492. The maximum atomic E-state index is 4.51. The van der Waals surface area contributed by atoms with Gasteiger partial charge in [-0.05, 0) is 40.3 Å². The van der Waals surface area contributed by atoms with Crippen molar-refractivity contribution in [2.24, 2.45) is 0 Å². The molecule has 0 aliphatic heterocycles. The minimum Gasteiger partial charge on any atom is -0.307 e. The molecule has 0 amide bonds. The Bertz CT molecular complexity index is 648. The third-order valence-corrected chi connectivity index (χ3v) is 5.43. The number of nitrogens with one attached hydrogen (secondary N) is 1. The number of nitrogens with zero attached hydrogens (tertiary/aromatic N) is 1. The van der Waals surface area contributed by atoms with Gasteiger partial charge in [0.05, 0.1) is 6.04 Å². The van der Waals surface area contributed by atoms with Crippen LogP contribution >= 0.6 is 22.7 Å². The van der Waals surface area contributed by atoms with Crippen molar-refractivity contribution in [3.05, 3.63) is 74.9 Å². The highest BCUT2D eigenvalue weighted by molar-refractivity contribution is 7.09. The van der Waals surface area contributed by atoms with Gasteiger partial charge in [0.25, 0.3) is 0 Å². The van der Waals surface area contributed by atoms with Gasteiger partial charge in [0.15, 0.2) is 0 Å². The summed E-state index contributed by atoms with van der Waals surface area (Å²) in [6.45, 7) is 3.23. The molecule has 0 aliphatic rings. The molecular weight excluding hydrogens is 308 g/mol. The summed E-state index contributed by atoms with van der Waals surface area (Å²) in [7, 11) is 0. The fourth-order valence-corrected chi connectivity index (χ4v) is 3.91. The fourth-order valence-electron chi connectivity index (χ4n) is 2.52. The quantitative estimate of drug-likeness (QED) is 0.668. The molecule has 22 heavy (non-hydrogen) atoms. The van der Waals surface area contributed by atoms with Crippen molar-refractivity contribution >= 4 is 22.7 Å². The molecule has 0 aliphatic carbocycles. The molecule has 0 spiro atoms. The molecule has 0 fully saturated rings. The molecule has 4 heteroatoms. The van der Waals surface area contributed by atoms with E-state index in [1.165, 1.54) is 16.1 Å². The van der Waals surface area contributed by atoms with E-state index in [1.54, 1.807) is 22.7 Å². The van der Waals surface area contributed by atoms with Crippen LogP contribution in [0.5, 0.6) is 0 Å². The molecule has 114 valence electrons. The monoisotopic (exact) mass is 328 g/mol. The van der Waals surface area contributed by atoms with E-state index in [0.29, 0.717) is 12.0 Å². The second kappa shape index (κ2) is 7.68. The van der Waals surface area contributed by atoms with Crippen molar-refractivity contribution in [2.45, 2.75) is 25.3 Å². The Kier molecular flexibility index (Phi) is 5.38. The van der Waals surface area contributed by atoms with Gasteiger partial charge >= 0.3 is 0 Å². The topological polar surface area (TPSA) is 24.9 Å². The highest BCUT2D eigenvalue weighted by Gasteiger charge is 2.16. The van der Waals surface area contributed by atoms with Crippen molar-refractivity contribution in [1.82, 2.24) is 10.3 Å². The van der Waals surface area contributed by atoms with Crippen molar-refractivity contribution < 1.29 is 0 Å². The third kappa shape index (κ3) is 4.03. The summed E-state index contributed by atoms with van der Waals surface area (Å²) in [5, 5.41) is 11.3. The van der Waals surface area contributed by atoms with Gasteiger partial charge in [0.2, 0.25) is 0 Å². The number of hydrogen-bond acceptors (Lipinski definition) is 4. The molecular formula is C18H20N2S2. The lowest BCUT2D eigenvalue weighted by Crippen LogP contribution is -2.27. The van der Waals surface area contributed by atoms with Crippen LogP contribution in [0.25, 0.3) is 0 Å². The number of thiophene rings is 1. The zero-order valence-electron chi connectivity index (χ0n) is 12.6. The van der Waals surface area contributed by atoms with Crippen molar-refractivity contribution in [3.63, 3.8) is 0 Å². The fraction of sp³-hybridized carbons (Fsp3) is 0.278. The van der Waals surface area contributed by atoms with Crippen molar-refractivity contribution in [3.8, 4) is 0 Å². The Balaban J connectivity index is 1.65. The highest BCUT2D eigenvalue weighted by Crippen LogP contribution is 2.23. The van der Waals surface area contributed by atoms with Crippen LogP contribution in [0, 0.1) is 0 Å². The number of hydrogen-bond donors (Lipinski definition) is 1. The molecule has 2 heterocycles. The van der Waals surface area contributed by atoms with E-state index >= 15 is 0 Å². The van der Waals surface area contributed by atoms with Crippen LogP contribution < -0.4 is 5.32 Å². The van der Waals surface area contributed by atoms with E-state index in [2.05, 4.69) is 69.8 Å². The largest absolute Gasteiger partial charge is 0.307 e. The second-order valence-electron chi connectivity index (χ2n) is 5.48. The predicted molar refractivity (Wildman–Crippen MR) is 95.7 cm³/mol. The van der Waals surface area contributed by atoms with Crippen LogP contribution in [-0.4, -0.2) is 11.5 Å². The number of aromatic nitrogens is 1. The summed E-state index contributed by atoms with van der Waals surface area (Å²) in [6.07, 6.45) is 2.89. The van der Waals surface area contributed by atoms with Gasteiger partial charge in [-0.25, -0.2) is 4.98 Å². The number of thiazole rings is 1. The molecule has 0 bridgehead atoms. The van der Waals surface area contributed by atoms with Gasteiger partial charge in [-0.1, -0.05) is 37.3 Å². The third-order valence-electron chi connectivity index (χ3n) is 3.81. The van der Waals surface area contributed by atoms with E-state index in [4.69, 9.17) is 0 Å². The molecule has 0 radical (unpaired) electrons. The van der Waals surface area contributed by atoms with E-state index in [9.17, 15) is 0 Å². The van der Waals surface area contributed by atoms with Crippen LogP contribution in [0.15, 0.2) is 58.7 Å². The maximum Gasteiger partial charge on any atom is 0.110 e. The first-order chi connectivity index (χ1) is 10.8. The highest BCUT2D eigenvalue weighted by atomic mass is 32.1. The van der Waals surface area contributed by atoms with E-state index < -0.39 is 0 Å². The smallest absolute Gasteiger partial charge is 0.110 e. The lowest BCUT2D eigenvalue weighted by molar-refractivity contribution is 0.502. The first kappa shape index (κ1) is 15.4. The number of rotatable bonds is 7. The second-order valence-corrected chi connectivity index (χ2v) is 7.18. The van der Waals surface area contributed by atoms with Gasteiger partial charge in [-0.15, -0.1) is 11.3 Å². The Labute approximate surface area is 139 Å². The summed E-state index contributed by atoms with van der Waals surface area (Å²) in [4.78, 5) is 4.51. The van der Waals surface area contributed by atoms with Crippen molar-refractivity contribution in [2.75, 3.05) is 6.54 Å². The van der Waals surface area contributed by atoms with E-state index in [-0.39, 0.29) is 0 Å². The van der Waals surface area contributed by atoms with E-state index in [0.717, 1.165) is 13.0 Å². The average molecular weight is 329 g/mol. The zero-order valence-corrected chi connectivity index (χ0v) is 14.2. The van der Waals surface area contributed by atoms with Crippen LogP contribution in [0.1, 0.15) is 35.0 Å². The molecule has 2 atom stereocenters. The molecule has 0 saturated heterocycles. The molecule has 3 aromatic rings. The average Bonchev–Trinajstić information content (AvgIpc) is 3.25. The standard InChI is InChI=1S/C18H20N2S2/c1-14(16-5-3-2-4-6-16)12-20-17(18-19-8-10-22-18)11-15-7-9-21-13-15/h2-10,13-14,17,20H,11-12H2,1H3/t14-,17-/m1/s1. The molecule has 0 saturated carbocycles. The Morgan fingerprint density at radius 3 is 2.68 bits per heavy atom. The molecule has 0 unspecified atom stereocenters. The van der Waals surface area contributed by atoms with Gasteiger partial charge in [-0.3, -0.25) is 0 Å². The van der Waals surface area contributed by atoms with Gasteiger partial charge in [-0.2, -0.15) is 11.3 Å².